The van der Waals surface area contributed by atoms with Crippen molar-refractivity contribution in [2.75, 3.05) is 0 Å². The molecule has 0 aliphatic carbocycles. The number of hydrogen-bond acceptors (Lipinski definition) is 6. The summed E-state index contributed by atoms with van der Waals surface area (Å²) in [6.45, 7) is 0. The van der Waals surface area contributed by atoms with E-state index < -0.39 is 0 Å². The molecule has 0 fully saturated rings. The topological polar surface area (TPSA) is 210 Å². The molecule has 9 aromatic carbocycles. The summed E-state index contributed by atoms with van der Waals surface area (Å²) in [5.41, 5.74) is 12.9. The molecule has 0 spiro atoms. The largest absolute Gasteiger partial charge is 3.00 e. The summed E-state index contributed by atoms with van der Waals surface area (Å²) in [4.78, 5) is 0. The fraction of sp³-hybridized carbons (Fsp3) is 0.0526. The molecule has 6 nitrogen and oxygen atoms in total. The molecule has 67 heavy (non-hydrogen) atoms. The summed E-state index contributed by atoms with van der Waals surface area (Å²) in [6, 6.07) is 98.5. The summed E-state index contributed by atoms with van der Waals surface area (Å²) in [7, 11) is 0.0508. The zero-order chi connectivity index (χ0) is 41.5. The average Bonchev–Trinajstić information content (AvgIpc) is 3.36. The van der Waals surface area contributed by atoms with Gasteiger partial charge in [0.25, 0.3) is 0 Å². The minimum absolute atomic E-state index is 0. The van der Waals surface area contributed by atoms with Crippen LogP contribution in [0.15, 0.2) is 273 Å². The first-order chi connectivity index (χ1) is 29.4. The predicted octanol–water partition coefficient (Wildman–Crippen LogP) is 11.0. The first-order valence-electron chi connectivity index (χ1n) is 19.4. The first kappa shape index (κ1) is 60.4. The van der Waals surface area contributed by atoms with Gasteiger partial charge in [0.15, 0.2) is 0 Å². The molecule has 10 heteroatoms. The fourth-order valence-electron chi connectivity index (χ4n) is 6.94. The maximum absolute atomic E-state index is 2.27. The van der Waals surface area contributed by atoms with Crippen LogP contribution in [0.2, 0.25) is 0 Å². The fourth-order valence-corrected chi connectivity index (χ4v) is 6.94. The Morgan fingerprint density at radius 1 is 0.164 bits per heavy atom. The molecule has 0 saturated carbocycles. The van der Waals surface area contributed by atoms with Crippen molar-refractivity contribution in [3.8, 4) is 0 Å². The monoisotopic (exact) mass is 933 g/mol. The second kappa shape index (κ2) is 29.2. The minimum atomic E-state index is 0. The third-order valence-corrected chi connectivity index (χ3v) is 9.56. The van der Waals surface area contributed by atoms with Gasteiger partial charge in [0.2, 0.25) is 0 Å². The Morgan fingerprint density at radius 3 is 0.313 bits per heavy atom. The van der Waals surface area contributed by atoms with Gasteiger partial charge >= 0.3 is 16.8 Å². The van der Waals surface area contributed by atoms with Crippen molar-refractivity contribution in [2.45, 2.75) is 15.9 Å². The van der Waals surface area contributed by atoms with Gasteiger partial charge in [-0.25, -0.2) is 0 Å². The van der Waals surface area contributed by atoms with Crippen LogP contribution in [0.1, 0.15) is 50.1 Å². The van der Waals surface area contributed by atoms with Crippen LogP contribution < -0.4 is 36.9 Å². The van der Waals surface area contributed by atoms with Crippen LogP contribution in [0, 0.1) is 0 Å². The van der Waals surface area contributed by atoms with E-state index >= 15 is 0 Å². The van der Waals surface area contributed by atoms with Gasteiger partial charge < -0.3 is 36.9 Å². The Hall–Kier alpha value is -6.56. The molecule has 0 amide bonds. The van der Waals surface area contributed by atoms with Crippen LogP contribution in [-0.4, -0.2) is 23.5 Å². The van der Waals surface area contributed by atoms with Gasteiger partial charge in [0.1, 0.15) is 0 Å². The Balaban J connectivity index is 0.000000927. The molecule has 0 atom stereocenters. The van der Waals surface area contributed by atoms with E-state index in [4.69, 9.17) is 0 Å². The van der Waals surface area contributed by atoms with E-state index in [-0.39, 0.29) is 93.2 Å². The molecule has 0 aromatic heterocycles. The van der Waals surface area contributed by atoms with Crippen LogP contribution in [0.25, 0.3) is 0 Å². The SMILES string of the molecule is N.N.N.N.N.N.[BH3-]C(c1ccccc1)(c1ccccc1)c1ccccc1.[BH3-]C(c1ccccc1)(c1ccccc1)c1ccccc1.[BH3-]C(c1ccccc1)(c1ccccc1)c1ccccc1.[Co+3]. The van der Waals surface area contributed by atoms with E-state index in [1.165, 1.54) is 50.1 Å². The Kier molecular flexibility index (Phi) is 26.3. The quantitative estimate of drug-likeness (QED) is 0.0612. The summed E-state index contributed by atoms with van der Waals surface area (Å²) >= 11 is 0. The van der Waals surface area contributed by atoms with Crippen LogP contribution in [0.5, 0.6) is 0 Å². The van der Waals surface area contributed by atoms with E-state index in [0.717, 1.165) is 0 Å². The Morgan fingerprint density at radius 2 is 0.239 bits per heavy atom. The maximum atomic E-state index is 2.27. The second-order valence-electron chi connectivity index (χ2n) is 13.4. The Labute approximate surface area is 414 Å². The van der Waals surface area contributed by atoms with Crippen LogP contribution in [-0.2, 0) is 32.7 Å². The maximum Gasteiger partial charge on any atom is 3.00 e. The van der Waals surface area contributed by atoms with Crippen molar-refractivity contribution in [3.63, 3.8) is 0 Å². The van der Waals surface area contributed by atoms with E-state index in [2.05, 4.69) is 273 Å². The molecule has 0 unspecified atom stereocenters. The Bertz CT molecular complexity index is 2020. The number of rotatable bonds is 9. The van der Waals surface area contributed by atoms with Gasteiger partial charge in [-0.1, -0.05) is 339 Å². The van der Waals surface area contributed by atoms with Crippen molar-refractivity contribution in [2.24, 2.45) is 0 Å². The van der Waals surface area contributed by atoms with Gasteiger partial charge in [0, 0.05) is 0 Å². The summed E-state index contributed by atoms with van der Waals surface area (Å²) < 4.78 is 0. The van der Waals surface area contributed by atoms with Crippen LogP contribution >= 0.6 is 0 Å². The molecule has 0 bridgehead atoms. The molecule has 348 valence electrons. The zero-order valence-electron chi connectivity index (χ0n) is 36.6. The second-order valence-corrected chi connectivity index (χ2v) is 13.4. The molecule has 18 N–H and O–H groups in total. The van der Waals surface area contributed by atoms with Crippen molar-refractivity contribution in [1.29, 1.82) is 0 Å². The first-order valence-corrected chi connectivity index (χ1v) is 19.4. The van der Waals surface area contributed by atoms with Gasteiger partial charge in [-0.2, -0.15) is 0 Å². The molecular weight excluding hydrogens is 860 g/mol. The molecular formula is C57H72B3CoN6. The smallest absolute Gasteiger partial charge is 0.344 e. The van der Waals surface area contributed by atoms with Gasteiger partial charge in [-0.05, 0) is 23.5 Å². The van der Waals surface area contributed by atoms with E-state index in [1.54, 1.807) is 0 Å². The van der Waals surface area contributed by atoms with Crippen LogP contribution in [0.3, 0.4) is 0 Å². The predicted molar refractivity (Wildman–Crippen MR) is 298 cm³/mol. The molecule has 9 aromatic rings. The summed E-state index contributed by atoms with van der Waals surface area (Å²) in [6.07, 6.45) is 0. The van der Waals surface area contributed by atoms with Gasteiger partial charge in [-0.15, -0.1) is 0 Å². The summed E-state index contributed by atoms with van der Waals surface area (Å²) in [5.74, 6) is 0. The molecule has 0 heterocycles. The minimum Gasteiger partial charge on any atom is -0.344 e. The zero-order valence-corrected chi connectivity index (χ0v) is 37.6. The molecule has 0 aliphatic rings. The third kappa shape index (κ3) is 13.7. The van der Waals surface area contributed by atoms with Crippen molar-refractivity contribution in [1.82, 2.24) is 36.9 Å². The van der Waals surface area contributed by atoms with Crippen molar-refractivity contribution in [3.05, 3.63) is 323 Å². The standard InChI is InChI=1S/3C19H18B.Co.6H3N/c3*20-19(16-10-4-1-5-11-16,17-12-6-2-7-13-17)18-14-8-3-9-15-18;;;;;;;/h3*1-15H,20H3;;6*1H3/q3*-1;+3;;;;;;. The summed E-state index contributed by atoms with van der Waals surface area (Å²) in [5, 5.41) is 0.386. The molecule has 9 rings (SSSR count). The van der Waals surface area contributed by atoms with Crippen molar-refractivity contribution >= 4 is 23.5 Å². The van der Waals surface area contributed by atoms with E-state index in [0.29, 0.717) is 0 Å². The van der Waals surface area contributed by atoms with Gasteiger partial charge in [0.05, 0.1) is 0 Å². The van der Waals surface area contributed by atoms with Crippen molar-refractivity contribution < 1.29 is 16.8 Å². The third-order valence-electron chi connectivity index (χ3n) is 9.56. The van der Waals surface area contributed by atoms with E-state index in [1.807, 2.05) is 0 Å². The van der Waals surface area contributed by atoms with Gasteiger partial charge in [-0.3, -0.25) is 0 Å². The molecule has 0 radical (unpaired) electrons. The average molecular weight is 933 g/mol. The van der Waals surface area contributed by atoms with E-state index in [9.17, 15) is 0 Å². The van der Waals surface area contributed by atoms with Crippen LogP contribution in [0.4, 0.5) is 0 Å². The number of hydrogen-bond donors (Lipinski definition) is 6. The molecule has 0 aliphatic heterocycles. The normalized spacial score (nSPS) is 10.1. The molecule has 0 saturated heterocycles. The number of benzene rings is 9.